The third kappa shape index (κ3) is 6.50. The maximum Gasteiger partial charge on any atom is 0.226 e. The van der Waals surface area contributed by atoms with Crippen molar-refractivity contribution in [3.8, 4) is 5.75 Å². The highest BCUT2D eigenvalue weighted by Gasteiger charge is 2.12. The molecule has 1 aromatic carbocycles. The lowest BCUT2D eigenvalue weighted by Gasteiger charge is -2.16. The first-order chi connectivity index (χ1) is 12.5. The van der Waals surface area contributed by atoms with Gasteiger partial charge in [0.15, 0.2) is 5.82 Å². The van der Waals surface area contributed by atoms with Gasteiger partial charge in [-0.15, -0.1) is 0 Å². The van der Waals surface area contributed by atoms with Crippen LogP contribution >= 0.6 is 0 Å². The summed E-state index contributed by atoms with van der Waals surface area (Å²) in [4.78, 5) is 16.5. The van der Waals surface area contributed by atoms with Gasteiger partial charge in [-0.05, 0) is 51.3 Å². The Bertz CT molecular complexity index is 697. The van der Waals surface area contributed by atoms with Crippen molar-refractivity contribution in [2.45, 2.75) is 71.9 Å². The Hall–Kier alpha value is -2.37. The zero-order valence-corrected chi connectivity index (χ0v) is 16.1. The lowest BCUT2D eigenvalue weighted by Crippen LogP contribution is -2.26. The fourth-order valence-corrected chi connectivity index (χ4v) is 2.64. The molecule has 0 aliphatic rings. The minimum absolute atomic E-state index is 0.0148. The van der Waals surface area contributed by atoms with Crippen LogP contribution in [0.1, 0.15) is 70.3 Å². The second-order valence-corrected chi connectivity index (χ2v) is 6.74. The average Bonchev–Trinajstić information content (AvgIpc) is 3.02. The summed E-state index contributed by atoms with van der Waals surface area (Å²) >= 11 is 0. The van der Waals surface area contributed by atoms with Crippen LogP contribution in [0.25, 0.3) is 0 Å². The topological polar surface area (TPSA) is 77.2 Å². The normalized spacial score (nSPS) is 12.2. The van der Waals surface area contributed by atoms with Crippen molar-refractivity contribution in [2.75, 3.05) is 0 Å². The molecule has 0 fully saturated rings. The van der Waals surface area contributed by atoms with E-state index in [0.29, 0.717) is 25.2 Å². The summed E-state index contributed by atoms with van der Waals surface area (Å²) in [6.45, 7) is 8.03. The van der Waals surface area contributed by atoms with E-state index < -0.39 is 0 Å². The van der Waals surface area contributed by atoms with Gasteiger partial charge in [0.1, 0.15) is 5.75 Å². The molecule has 0 aliphatic heterocycles. The van der Waals surface area contributed by atoms with Gasteiger partial charge in [0.05, 0.1) is 12.1 Å². The molecule has 6 nitrogen and oxygen atoms in total. The third-order valence-electron chi connectivity index (χ3n) is 3.89. The van der Waals surface area contributed by atoms with Crippen LogP contribution in [0.3, 0.4) is 0 Å². The first-order valence-corrected chi connectivity index (χ1v) is 9.35. The van der Waals surface area contributed by atoms with Crippen LogP contribution in [0.2, 0.25) is 0 Å². The van der Waals surface area contributed by atoms with Crippen molar-refractivity contribution in [2.24, 2.45) is 0 Å². The summed E-state index contributed by atoms with van der Waals surface area (Å²) in [5.41, 5.74) is 1.03. The van der Waals surface area contributed by atoms with Gasteiger partial charge in [-0.2, -0.15) is 4.98 Å². The van der Waals surface area contributed by atoms with Crippen LogP contribution in [-0.4, -0.2) is 22.2 Å². The standard InChI is InChI=1S/C20H29N3O3/c1-5-8-18-22-20(26-23-18)12-7-11-19(24)21-15(4)16-9-6-10-17(13-16)25-14(2)3/h6,9-10,13-15H,5,7-8,11-12H2,1-4H3,(H,21,24). The van der Waals surface area contributed by atoms with Gasteiger partial charge in [0.2, 0.25) is 11.8 Å². The molecule has 2 rings (SSSR count). The van der Waals surface area contributed by atoms with Crippen LogP contribution in [0, 0.1) is 0 Å². The Morgan fingerprint density at radius 3 is 2.81 bits per heavy atom. The summed E-state index contributed by atoms with van der Waals surface area (Å²) in [6.07, 6.45) is 3.67. The number of hydrogen-bond acceptors (Lipinski definition) is 5. The van der Waals surface area contributed by atoms with Crippen molar-refractivity contribution < 1.29 is 14.1 Å². The Morgan fingerprint density at radius 1 is 1.27 bits per heavy atom. The zero-order valence-electron chi connectivity index (χ0n) is 16.1. The minimum atomic E-state index is -0.0715. The lowest BCUT2D eigenvalue weighted by atomic mass is 10.1. The maximum absolute atomic E-state index is 12.2. The Balaban J connectivity index is 1.77. The molecule has 1 atom stereocenters. The van der Waals surface area contributed by atoms with Gasteiger partial charge in [-0.3, -0.25) is 4.79 Å². The molecule has 1 aromatic heterocycles. The molecule has 142 valence electrons. The second kappa shape index (κ2) is 9.94. The molecule has 0 saturated carbocycles. The SMILES string of the molecule is CCCc1noc(CCCC(=O)NC(C)c2cccc(OC(C)C)c2)n1. The fraction of sp³-hybridized carbons (Fsp3) is 0.550. The number of nitrogens with zero attached hydrogens (tertiary/aromatic N) is 2. The number of carbonyl (C=O) groups excluding carboxylic acids is 1. The van der Waals surface area contributed by atoms with Gasteiger partial charge >= 0.3 is 0 Å². The van der Waals surface area contributed by atoms with E-state index in [0.717, 1.165) is 30.0 Å². The first-order valence-electron chi connectivity index (χ1n) is 9.35. The quantitative estimate of drug-likeness (QED) is 0.693. The van der Waals surface area contributed by atoms with E-state index in [2.05, 4.69) is 22.4 Å². The van der Waals surface area contributed by atoms with Crippen LogP contribution in [0.4, 0.5) is 0 Å². The van der Waals surface area contributed by atoms with Crippen LogP contribution < -0.4 is 10.1 Å². The zero-order chi connectivity index (χ0) is 18.9. The number of aromatic nitrogens is 2. The fourth-order valence-electron chi connectivity index (χ4n) is 2.64. The molecule has 0 saturated heterocycles. The van der Waals surface area contributed by atoms with E-state index in [1.54, 1.807) is 0 Å². The van der Waals surface area contributed by atoms with Gasteiger partial charge < -0.3 is 14.6 Å². The highest BCUT2D eigenvalue weighted by Crippen LogP contribution is 2.20. The van der Waals surface area contributed by atoms with Crippen molar-refractivity contribution in [1.82, 2.24) is 15.5 Å². The minimum Gasteiger partial charge on any atom is -0.491 e. The molecule has 0 spiro atoms. The van der Waals surface area contributed by atoms with E-state index in [1.807, 2.05) is 45.0 Å². The van der Waals surface area contributed by atoms with E-state index in [4.69, 9.17) is 9.26 Å². The van der Waals surface area contributed by atoms with Crippen LogP contribution in [0.15, 0.2) is 28.8 Å². The highest BCUT2D eigenvalue weighted by atomic mass is 16.5. The van der Waals surface area contributed by atoms with E-state index >= 15 is 0 Å². The summed E-state index contributed by atoms with van der Waals surface area (Å²) in [5.74, 6) is 2.18. The number of rotatable bonds is 10. The smallest absolute Gasteiger partial charge is 0.226 e. The van der Waals surface area contributed by atoms with Crippen molar-refractivity contribution >= 4 is 5.91 Å². The second-order valence-electron chi connectivity index (χ2n) is 6.74. The molecule has 26 heavy (non-hydrogen) atoms. The molecule has 1 heterocycles. The van der Waals surface area contributed by atoms with Crippen molar-refractivity contribution in [1.29, 1.82) is 0 Å². The van der Waals surface area contributed by atoms with Crippen LogP contribution in [-0.2, 0) is 17.6 Å². The highest BCUT2D eigenvalue weighted by molar-refractivity contribution is 5.76. The van der Waals surface area contributed by atoms with Gasteiger partial charge in [-0.1, -0.05) is 24.2 Å². The summed E-state index contributed by atoms with van der Waals surface area (Å²) < 4.78 is 10.9. The Morgan fingerprint density at radius 2 is 2.08 bits per heavy atom. The van der Waals surface area contributed by atoms with Crippen molar-refractivity contribution in [3.63, 3.8) is 0 Å². The van der Waals surface area contributed by atoms with Gasteiger partial charge in [0.25, 0.3) is 0 Å². The number of benzene rings is 1. The van der Waals surface area contributed by atoms with E-state index in [1.165, 1.54) is 0 Å². The number of carbonyl (C=O) groups is 1. The number of ether oxygens (including phenoxy) is 1. The monoisotopic (exact) mass is 359 g/mol. The molecular weight excluding hydrogens is 330 g/mol. The van der Waals surface area contributed by atoms with Crippen molar-refractivity contribution in [3.05, 3.63) is 41.5 Å². The lowest BCUT2D eigenvalue weighted by molar-refractivity contribution is -0.121. The van der Waals surface area contributed by atoms with Crippen LogP contribution in [0.5, 0.6) is 5.75 Å². The summed E-state index contributed by atoms with van der Waals surface area (Å²) in [5, 5.41) is 6.95. The summed E-state index contributed by atoms with van der Waals surface area (Å²) in [6, 6.07) is 7.76. The van der Waals surface area contributed by atoms with Gasteiger partial charge in [-0.25, -0.2) is 0 Å². The van der Waals surface area contributed by atoms with E-state index in [9.17, 15) is 4.79 Å². The number of amides is 1. The first kappa shape index (κ1) is 19.9. The summed E-state index contributed by atoms with van der Waals surface area (Å²) in [7, 11) is 0. The molecule has 1 N–H and O–H groups in total. The number of aryl methyl sites for hydroxylation is 2. The molecule has 1 amide bonds. The maximum atomic E-state index is 12.2. The number of nitrogens with one attached hydrogen (secondary N) is 1. The molecule has 2 aromatic rings. The number of hydrogen-bond donors (Lipinski definition) is 1. The molecule has 0 aliphatic carbocycles. The Labute approximate surface area is 155 Å². The predicted molar refractivity (Wildman–Crippen MR) is 100.0 cm³/mol. The Kier molecular flexibility index (Phi) is 7.63. The molecule has 0 radical (unpaired) electrons. The largest absolute Gasteiger partial charge is 0.491 e. The molecule has 6 heteroatoms. The average molecular weight is 359 g/mol. The molecular formula is C20H29N3O3. The third-order valence-corrected chi connectivity index (χ3v) is 3.89. The molecule has 0 bridgehead atoms. The molecule has 1 unspecified atom stereocenters. The van der Waals surface area contributed by atoms with Gasteiger partial charge in [0, 0.05) is 19.3 Å². The van der Waals surface area contributed by atoms with E-state index in [-0.39, 0.29) is 18.1 Å². The predicted octanol–water partition coefficient (Wildman–Crippen LogP) is 4.01.